The Bertz CT molecular complexity index is 619. The van der Waals surface area contributed by atoms with Gasteiger partial charge in [-0.05, 0) is 24.6 Å². The van der Waals surface area contributed by atoms with E-state index >= 15 is 0 Å². The smallest absolute Gasteiger partial charge is 0.185 e. The SMILES string of the molecule is CC(Nc1c(F)c(F)cc(F)c1F)c1cccc(O)c1. The Labute approximate surface area is 112 Å². The normalized spacial score (nSPS) is 12.2. The second kappa shape index (κ2) is 5.40. The summed E-state index contributed by atoms with van der Waals surface area (Å²) < 4.78 is 53.2. The molecule has 20 heavy (non-hydrogen) atoms. The van der Waals surface area contributed by atoms with Crippen molar-refractivity contribution in [2.45, 2.75) is 13.0 Å². The molecule has 0 fully saturated rings. The summed E-state index contributed by atoms with van der Waals surface area (Å²) >= 11 is 0. The van der Waals surface area contributed by atoms with Gasteiger partial charge in [-0.3, -0.25) is 0 Å². The predicted molar refractivity (Wildman–Crippen MR) is 66.4 cm³/mol. The lowest BCUT2D eigenvalue weighted by Gasteiger charge is -2.17. The number of hydrogen-bond donors (Lipinski definition) is 2. The maximum Gasteiger partial charge on any atom is 0.185 e. The van der Waals surface area contributed by atoms with Crippen molar-refractivity contribution in [1.29, 1.82) is 0 Å². The summed E-state index contributed by atoms with van der Waals surface area (Å²) in [5.41, 5.74) is -0.369. The Kier molecular flexibility index (Phi) is 3.83. The van der Waals surface area contributed by atoms with E-state index in [0.717, 1.165) is 0 Å². The molecule has 0 aliphatic heterocycles. The van der Waals surface area contributed by atoms with Crippen molar-refractivity contribution in [1.82, 2.24) is 0 Å². The Balaban J connectivity index is 2.35. The molecule has 0 aromatic heterocycles. The maximum atomic E-state index is 13.5. The molecule has 2 N–H and O–H groups in total. The summed E-state index contributed by atoms with van der Waals surface area (Å²) in [4.78, 5) is 0. The van der Waals surface area contributed by atoms with E-state index in [1.54, 1.807) is 12.1 Å². The molecule has 0 heterocycles. The van der Waals surface area contributed by atoms with E-state index in [4.69, 9.17) is 0 Å². The lowest BCUT2D eigenvalue weighted by atomic mass is 10.1. The molecule has 2 aromatic carbocycles. The van der Waals surface area contributed by atoms with Gasteiger partial charge in [-0.2, -0.15) is 0 Å². The number of halogens is 4. The Morgan fingerprint density at radius 2 is 1.60 bits per heavy atom. The molecule has 2 aromatic rings. The van der Waals surface area contributed by atoms with Gasteiger partial charge in [0.15, 0.2) is 23.3 Å². The van der Waals surface area contributed by atoms with E-state index in [-0.39, 0.29) is 11.8 Å². The molecule has 0 amide bonds. The molecule has 1 atom stereocenters. The third-order valence-electron chi connectivity index (χ3n) is 2.84. The number of benzene rings is 2. The van der Waals surface area contributed by atoms with Gasteiger partial charge in [0.2, 0.25) is 0 Å². The van der Waals surface area contributed by atoms with Crippen LogP contribution in [0.5, 0.6) is 5.75 Å². The van der Waals surface area contributed by atoms with Crippen molar-refractivity contribution in [2.75, 3.05) is 5.32 Å². The van der Waals surface area contributed by atoms with Crippen LogP contribution in [0.25, 0.3) is 0 Å². The van der Waals surface area contributed by atoms with Gasteiger partial charge in [-0.25, -0.2) is 17.6 Å². The van der Waals surface area contributed by atoms with Crippen LogP contribution in [0.1, 0.15) is 18.5 Å². The molecule has 0 saturated carbocycles. The van der Waals surface area contributed by atoms with Crippen LogP contribution in [0.2, 0.25) is 0 Å². The number of phenols is 1. The second-order valence-electron chi connectivity index (χ2n) is 4.30. The molecule has 0 saturated heterocycles. The summed E-state index contributed by atoms with van der Waals surface area (Å²) in [5, 5.41) is 11.7. The average Bonchev–Trinajstić information content (AvgIpc) is 2.41. The van der Waals surface area contributed by atoms with Gasteiger partial charge >= 0.3 is 0 Å². The van der Waals surface area contributed by atoms with E-state index in [1.807, 2.05) is 0 Å². The minimum Gasteiger partial charge on any atom is -0.508 e. The van der Waals surface area contributed by atoms with Crippen molar-refractivity contribution in [3.63, 3.8) is 0 Å². The minimum absolute atomic E-state index is 0.0254. The highest BCUT2D eigenvalue weighted by atomic mass is 19.2. The monoisotopic (exact) mass is 285 g/mol. The van der Waals surface area contributed by atoms with E-state index in [1.165, 1.54) is 19.1 Å². The van der Waals surface area contributed by atoms with Crippen LogP contribution in [0.3, 0.4) is 0 Å². The van der Waals surface area contributed by atoms with Gasteiger partial charge in [-0.1, -0.05) is 12.1 Å². The molecular formula is C14H11F4NO. The minimum atomic E-state index is -1.49. The first-order valence-electron chi connectivity index (χ1n) is 5.78. The highest BCUT2D eigenvalue weighted by Gasteiger charge is 2.20. The van der Waals surface area contributed by atoms with Gasteiger partial charge in [0, 0.05) is 12.1 Å². The fraction of sp³-hybridized carbons (Fsp3) is 0.143. The zero-order valence-corrected chi connectivity index (χ0v) is 10.4. The molecule has 106 valence electrons. The summed E-state index contributed by atoms with van der Waals surface area (Å²) in [6.07, 6.45) is 0. The predicted octanol–water partition coefficient (Wildman–Crippen LogP) is 4.12. The third-order valence-corrected chi connectivity index (χ3v) is 2.84. The first kappa shape index (κ1) is 14.2. The summed E-state index contributed by atoms with van der Waals surface area (Å²) in [6.45, 7) is 1.54. The zero-order chi connectivity index (χ0) is 14.9. The van der Waals surface area contributed by atoms with E-state index in [0.29, 0.717) is 5.56 Å². The highest BCUT2D eigenvalue weighted by molar-refractivity contribution is 5.49. The summed E-state index contributed by atoms with van der Waals surface area (Å²) in [6, 6.07) is 5.44. The van der Waals surface area contributed by atoms with Crippen LogP contribution >= 0.6 is 0 Å². The Morgan fingerprint density at radius 3 is 2.15 bits per heavy atom. The van der Waals surface area contributed by atoms with Crippen LogP contribution in [-0.4, -0.2) is 5.11 Å². The van der Waals surface area contributed by atoms with Crippen molar-refractivity contribution in [3.05, 3.63) is 59.2 Å². The van der Waals surface area contributed by atoms with E-state index < -0.39 is 35.0 Å². The second-order valence-corrected chi connectivity index (χ2v) is 4.30. The van der Waals surface area contributed by atoms with Crippen LogP contribution in [0.15, 0.2) is 30.3 Å². The van der Waals surface area contributed by atoms with Gasteiger partial charge in [0.25, 0.3) is 0 Å². The zero-order valence-electron chi connectivity index (χ0n) is 10.4. The number of rotatable bonds is 3. The van der Waals surface area contributed by atoms with Crippen LogP contribution in [0.4, 0.5) is 23.2 Å². The largest absolute Gasteiger partial charge is 0.508 e. The molecule has 0 aliphatic rings. The van der Waals surface area contributed by atoms with E-state index in [2.05, 4.69) is 5.32 Å². The molecule has 0 spiro atoms. The van der Waals surface area contributed by atoms with Crippen molar-refractivity contribution >= 4 is 5.69 Å². The number of aromatic hydroxyl groups is 1. The summed E-state index contributed by atoms with van der Waals surface area (Å²) in [5.74, 6) is -5.96. The third kappa shape index (κ3) is 2.68. The molecule has 0 radical (unpaired) electrons. The molecule has 2 nitrogen and oxygen atoms in total. The van der Waals surface area contributed by atoms with Crippen molar-refractivity contribution in [3.8, 4) is 5.75 Å². The number of anilines is 1. The topological polar surface area (TPSA) is 32.3 Å². The van der Waals surface area contributed by atoms with Gasteiger partial charge in [-0.15, -0.1) is 0 Å². The first-order valence-corrected chi connectivity index (χ1v) is 5.78. The quantitative estimate of drug-likeness (QED) is 0.656. The maximum absolute atomic E-state index is 13.5. The Morgan fingerprint density at radius 1 is 1.00 bits per heavy atom. The van der Waals surface area contributed by atoms with Gasteiger partial charge < -0.3 is 10.4 Å². The molecule has 1 unspecified atom stereocenters. The molecule has 6 heteroatoms. The van der Waals surface area contributed by atoms with Crippen LogP contribution in [-0.2, 0) is 0 Å². The summed E-state index contributed by atoms with van der Waals surface area (Å²) in [7, 11) is 0. The lowest BCUT2D eigenvalue weighted by molar-refractivity contribution is 0.456. The molecular weight excluding hydrogens is 274 g/mol. The fourth-order valence-corrected chi connectivity index (χ4v) is 1.79. The number of nitrogens with one attached hydrogen (secondary N) is 1. The molecule has 2 rings (SSSR count). The van der Waals surface area contributed by atoms with Gasteiger partial charge in [0.1, 0.15) is 11.4 Å². The van der Waals surface area contributed by atoms with Crippen molar-refractivity contribution < 1.29 is 22.7 Å². The molecule has 0 aliphatic carbocycles. The average molecular weight is 285 g/mol. The fourth-order valence-electron chi connectivity index (χ4n) is 1.79. The first-order chi connectivity index (χ1) is 9.40. The molecule has 0 bridgehead atoms. The van der Waals surface area contributed by atoms with Crippen LogP contribution < -0.4 is 5.32 Å². The van der Waals surface area contributed by atoms with Gasteiger partial charge in [0.05, 0.1) is 0 Å². The number of phenolic OH excluding ortho intramolecular Hbond substituents is 1. The van der Waals surface area contributed by atoms with Crippen LogP contribution in [0, 0.1) is 23.3 Å². The number of hydrogen-bond acceptors (Lipinski definition) is 2. The Hall–Kier alpha value is -2.24. The van der Waals surface area contributed by atoms with E-state index in [9.17, 15) is 22.7 Å². The highest BCUT2D eigenvalue weighted by Crippen LogP contribution is 2.28. The lowest BCUT2D eigenvalue weighted by Crippen LogP contribution is -2.11. The van der Waals surface area contributed by atoms with Crippen molar-refractivity contribution in [2.24, 2.45) is 0 Å². The standard InChI is InChI=1S/C14H11F4NO/c1-7(8-3-2-4-9(20)5-8)19-14-12(17)10(15)6-11(16)13(14)18/h2-7,19-20H,1H3.